The molecule has 1 aliphatic rings. The van der Waals surface area contributed by atoms with Gasteiger partial charge in [0.25, 0.3) is 11.7 Å². The normalized spacial score (nSPS) is 17.9. The van der Waals surface area contributed by atoms with Gasteiger partial charge in [0.15, 0.2) is 0 Å². The molecule has 1 saturated heterocycles. The summed E-state index contributed by atoms with van der Waals surface area (Å²) < 4.78 is 10.9. The molecule has 0 aliphatic carbocycles. The van der Waals surface area contributed by atoms with Crippen LogP contribution in [0.4, 0.5) is 0 Å². The largest absolute Gasteiger partial charge is 0.508 e. The molecule has 0 saturated carbocycles. The average Bonchev–Trinajstić information content (AvgIpc) is 3.01. The molecule has 0 radical (unpaired) electrons. The van der Waals surface area contributed by atoms with Gasteiger partial charge in [0, 0.05) is 19.2 Å². The first-order valence-electron chi connectivity index (χ1n) is 10.5. The van der Waals surface area contributed by atoms with E-state index in [1.807, 2.05) is 6.92 Å². The fourth-order valence-corrected chi connectivity index (χ4v) is 3.70. The number of carbonyl (C=O) groups excluding carboxylic acids is 2. The third kappa shape index (κ3) is 4.78. The number of ketones is 1. The summed E-state index contributed by atoms with van der Waals surface area (Å²) in [4.78, 5) is 27.2. The summed E-state index contributed by atoms with van der Waals surface area (Å²) in [6.07, 6.45) is 0. The van der Waals surface area contributed by atoms with Crippen molar-refractivity contribution in [2.75, 3.05) is 26.9 Å². The molecule has 1 aliphatic heterocycles. The Labute approximate surface area is 187 Å². The van der Waals surface area contributed by atoms with Gasteiger partial charge in [-0.25, -0.2) is 0 Å². The maximum absolute atomic E-state index is 13.0. The van der Waals surface area contributed by atoms with Crippen LogP contribution in [0, 0.1) is 12.8 Å². The molecular weight excluding hydrogens is 410 g/mol. The van der Waals surface area contributed by atoms with Gasteiger partial charge in [-0.1, -0.05) is 26.0 Å². The van der Waals surface area contributed by atoms with E-state index in [9.17, 15) is 19.8 Å². The quantitative estimate of drug-likeness (QED) is 0.369. The number of hydrogen-bond donors (Lipinski definition) is 2. The predicted molar refractivity (Wildman–Crippen MR) is 121 cm³/mol. The minimum atomic E-state index is -0.790. The fourth-order valence-electron chi connectivity index (χ4n) is 3.70. The van der Waals surface area contributed by atoms with E-state index in [4.69, 9.17) is 9.47 Å². The molecule has 2 aromatic rings. The van der Waals surface area contributed by atoms with Gasteiger partial charge in [0.1, 0.15) is 17.3 Å². The number of aliphatic hydroxyl groups is 1. The highest BCUT2D eigenvalue weighted by Gasteiger charge is 2.46. The first-order valence-corrected chi connectivity index (χ1v) is 10.5. The topological polar surface area (TPSA) is 96.3 Å². The second-order valence-electron chi connectivity index (χ2n) is 8.26. The van der Waals surface area contributed by atoms with Crippen molar-refractivity contribution in [3.8, 4) is 11.5 Å². The van der Waals surface area contributed by atoms with Crippen LogP contribution in [0.5, 0.6) is 11.5 Å². The summed E-state index contributed by atoms with van der Waals surface area (Å²) in [5.74, 6) is -0.586. The first-order chi connectivity index (χ1) is 15.2. The van der Waals surface area contributed by atoms with Crippen molar-refractivity contribution in [2.24, 2.45) is 5.92 Å². The number of aliphatic hydroxyl groups excluding tert-OH is 1. The minimum absolute atomic E-state index is 0.00995. The van der Waals surface area contributed by atoms with Crippen LogP contribution in [-0.2, 0) is 14.3 Å². The Morgan fingerprint density at radius 2 is 1.81 bits per heavy atom. The van der Waals surface area contributed by atoms with Crippen LogP contribution < -0.4 is 4.74 Å². The number of phenols is 1. The number of aryl methyl sites for hydroxylation is 1. The highest BCUT2D eigenvalue weighted by atomic mass is 16.5. The third-order valence-electron chi connectivity index (χ3n) is 5.32. The summed E-state index contributed by atoms with van der Waals surface area (Å²) in [6, 6.07) is 10.7. The number of hydrogen-bond acceptors (Lipinski definition) is 6. The average molecular weight is 440 g/mol. The molecule has 0 spiro atoms. The van der Waals surface area contributed by atoms with Gasteiger partial charge in [0.2, 0.25) is 0 Å². The van der Waals surface area contributed by atoms with Gasteiger partial charge >= 0.3 is 0 Å². The van der Waals surface area contributed by atoms with Crippen LogP contribution in [-0.4, -0.2) is 53.7 Å². The number of amides is 1. The Balaban J connectivity index is 2.07. The lowest BCUT2D eigenvalue weighted by Crippen LogP contribution is -2.32. The number of carbonyl (C=O) groups is 2. The van der Waals surface area contributed by atoms with Crippen LogP contribution in [0.25, 0.3) is 5.76 Å². The lowest BCUT2D eigenvalue weighted by molar-refractivity contribution is -0.140. The van der Waals surface area contributed by atoms with Gasteiger partial charge in [-0.2, -0.15) is 0 Å². The number of methoxy groups -OCH3 is 1. The van der Waals surface area contributed by atoms with Crippen molar-refractivity contribution >= 4 is 17.4 Å². The zero-order valence-corrected chi connectivity index (χ0v) is 18.8. The second kappa shape index (κ2) is 9.87. The van der Waals surface area contributed by atoms with Crippen LogP contribution >= 0.6 is 0 Å². The van der Waals surface area contributed by atoms with Gasteiger partial charge in [0.05, 0.1) is 24.8 Å². The van der Waals surface area contributed by atoms with E-state index in [1.165, 1.54) is 24.1 Å². The monoisotopic (exact) mass is 439 g/mol. The van der Waals surface area contributed by atoms with Gasteiger partial charge < -0.3 is 24.6 Å². The molecule has 0 bridgehead atoms. The Bertz CT molecular complexity index is 1030. The van der Waals surface area contributed by atoms with Gasteiger partial charge in [-0.15, -0.1) is 0 Å². The Morgan fingerprint density at radius 3 is 2.41 bits per heavy atom. The molecule has 7 nitrogen and oxygen atoms in total. The molecule has 0 unspecified atom stereocenters. The molecule has 7 heteroatoms. The number of ether oxygens (including phenoxy) is 2. The van der Waals surface area contributed by atoms with E-state index >= 15 is 0 Å². The fraction of sp³-hybridized carbons (Fsp3) is 0.360. The van der Waals surface area contributed by atoms with Crippen molar-refractivity contribution in [1.29, 1.82) is 0 Å². The van der Waals surface area contributed by atoms with Crippen LogP contribution in [0.3, 0.4) is 0 Å². The molecule has 3 rings (SSSR count). The first kappa shape index (κ1) is 23.3. The Hall–Kier alpha value is -3.32. The highest BCUT2D eigenvalue weighted by molar-refractivity contribution is 6.46. The van der Waals surface area contributed by atoms with Crippen LogP contribution in [0.2, 0.25) is 0 Å². The second-order valence-corrected chi connectivity index (χ2v) is 8.26. The summed E-state index contributed by atoms with van der Waals surface area (Å²) in [5, 5.41) is 20.8. The number of nitrogens with zero attached hydrogens (tertiary/aromatic N) is 1. The van der Waals surface area contributed by atoms with Crippen molar-refractivity contribution in [1.82, 2.24) is 4.90 Å². The van der Waals surface area contributed by atoms with E-state index in [-0.39, 0.29) is 30.2 Å². The maximum atomic E-state index is 13.0. The lowest BCUT2D eigenvalue weighted by Gasteiger charge is -2.25. The number of rotatable bonds is 8. The SMILES string of the molecule is COCCN1C(=O)C(=O)C(=C(O)c2ccc(OCC(C)C)cc2C)[C@H]1c1ccc(O)cc1. The standard InChI is InChI=1S/C25H29NO6/c1-15(2)14-32-19-9-10-20(16(3)13-19)23(28)21-22(17-5-7-18(27)8-6-17)26(11-12-31-4)25(30)24(21)29/h5-10,13,15,22,27-28H,11-12,14H2,1-4H3/t22-/m1/s1. The van der Waals surface area contributed by atoms with E-state index in [0.29, 0.717) is 29.4 Å². The molecule has 0 aromatic heterocycles. The zero-order valence-electron chi connectivity index (χ0n) is 18.8. The Kier molecular flexibility index (Phi) is 7.20. The van der Waals surface area contributed by atoms with Crippen molar-refractivity contribution in [2.45, 2.75) is 26.8 Å². The molecule has 1 fully saturated rings. The number of likely N-dealkylation sites (tertiary alicyclic amines) is 1. The van der Waals surface area contributed by atoms with E-state index in [1.54, 1.807) is 30.3 Å². The highest BCUT2D eigenvalue weighted by Crippen LogP contribution is 2.40. The molecular formula is C25H29NO6. The van der Waals surface area contributed by atoms with E-state index < -0.39 is 17.7 Å². The summed E-state index contributed by atoms with van der Waals surface area (Å²) in [7, 11) is 1.51. The van der Waals surface area contributed by atoms with E-state index in [0.717, 1.165) is 5.56 Å². The molecule has 1 atom stereocenters. The molecule has 170 valence electrons. The molecule has 2 N–H and O–H groups in total. The number of aromatic hydroxyl groups is 1. The van der Waals surface area contributed by atoms with Gasteiger partial charge in [-0.05, 0) is 54.3 Å². The van der Waals surface area contributed by atoms with Crippen molar-refractivity contribution in [3.05, 3.63) is 64.7 Å². The Morgan fingerprint density at radius 1 is 1.12 bits per heavy atom. The predicted octanol–water partition coefficient (Wildman–Crippen LogP) is 3.80. The van der Waals surface area contributed by atoms with Crippen LogP contribution in [0.15, 0.2) is 48.0 Å². The number of Topliss-reactive ketones (excluding diaryl/α,β-unsaturated/α-hetero) is 1. The summed E-state index contributed by atoms with van der Waals surface area (Å²) >= 11 is 0. The molecule has 32 heavy (non-hydrogen) atoms. The maximum Gasteiger partial charge on any atom is 0.295 e. The van der Waals surface area contributed by atoms with Gasteiger partial charge in [-0.3, -0.25) is 9.59 Å². The van der Waals surface area contributed by atoms with E-state index in [2.05, 4.69) is 13.8 Å². The summed E-state index contributed by atoms with van der Waals surface area (Å²) in [6.45, 7) is 6.91. The zero-order chi connectivity index (χ0) is 23.4. The molecule has 1 heterocycles. The molecule has 2 aromatic carbocycles. The number of benzene rings is 2. The third-order valence-corrected chi connectivity index (χ3v) is 5.32. The van der Waals surface area contributed by atoms with Crippen molar-refractivity contribution < 1.29 is 29.3 Å². The number of phenolic OH excluding ortho intramolecular Hbond substituents is 1. The minimum Gasteiger partial charge on any atom is -0.508 e. The molecule has 1 amide bonds. The smallest absolute Gasteiger partial charge is 0.295 e. The van der Waals surface area contributed by atoms with Crippen molar-refractivity contribution in [3.63, 3.8) is 0 Å². The van der Waals surface area contributed by atoms with Crippen LogP contribution in [0.1, 0.15) is 36.6 Å². The summed E-state index contributed by atoms with van der Waals surface area (Å²) in [5.41, 5.74) is 1.79. The lowest BCUT2D eigenvalue weighted by atomic mass is 9.94.